The van der Waals surface area contributed by atoms with Gasteiger partial charge < -0.3 is 14.5 Å². The number of hydrogen-bond acceptors (Lipinski definition) is 6. The fraction of sp³-hybridized carbons (Fsp3) is 0.615. The minimum absolute atomic E-state index is 0.00785. The van der Waals surface area contributed by atoms with Gasteiger partial charge in [0.25, 0.3) is 5.56 Å². The topological polar surface area (TPSA) is 81.3 Å². The Bertz CT molecular complexity index is 511. The molecular formula is C13H18N2O4S. The quantitative estimate of drug-likeness (QED) is 0.499. The summed E-state index contributed by atoms with van der Waals surface area (Å²) in [4.78, 5) is 29.7. The molecule has 20 heavy (non-hydrogen) atoms. The highest BCUT2D eigenvalue weighted by molar-refractivity contribution is 7.99. The first-order valence-electron chi connectivity index (χ1n) is 6.59. The highest BCUT2D eigenvalue weighted by Gasteiger charge is 2.15. The summed E-state index contributed by atoms with van der Waals surface area (Å²) < 4.78 is 10.2. The molecular weight excluding hydrogens is 280 g/mol. The van der Waals surface area contributed by atoms with Gasteiger partial charge in [-0.2, -0.15) is 0 Å². The number of nitrogens with zero attached hydrogens (tertiary/aromatic N) is 1. The molecule has 7 heteroatoms. The van der Waals surface area contributed by atoms with Crippen LogP contribution in [-0.2, 0) is 20.7 Å². The van der Waals surface area contributed by atoms with Crippen LogP contribution in [0.5, 0.6) is 0 Å². The molecule has 1 atom stereocenters. The van der Waals surface area contributed by atoms with Crippen LogP contribution in [0.1, 0.15) is 25.0 Å². The molecule has 0 amide bonds. The lowest BCUT2D eigenvalue weighted by molar-refractivity contribution is -0.139. The first-order valence-corrected chi connectivity index (χ1v) is 7.57. The average Bonchev–Trinajstić information content (AvgIpc) is 2.45. The number of carbonyl (C=O) groups is 1. The van der Waals surface area contributed by atoms with Crippen LogP contribution in [0.4, 0.5) is 0 Å². The molecule has 1 saturated heterocycles. The maximum absolute atomic E-state index is 11.5. The number of nitrogens with one attached hydrogen (secondary N) is 1. The third-order valence-corrected chi connectivity index (χ3v) is 4.01. The number of H-pyrrole nitrogens is 1. The van der Waals surface area contributed by atoms with Crippen molar-refractivity contribution in [3.63, 3.8) is 0 Å². The largest absolute Gasteiger partial charge is 0.469 e. The number of thioether (sulfide) groups is 1. The van der Waals surface area contributed by atoms with Gasteiger partial charge in [0.2, 0.25) is 0 Å². The van der Waals surface area contributed by atoms with Gasteiger partial charge >= 0.3 is 5.97 Å². The van der Waals surface area contributed by atoms with Gasteiger partial charge in [-0.3, -0.25) is 9.59 Å². The van der Waals surface area contributed by atoms with Crippen molar-refractivity contribution in [1.29, 1.82) is 0 Å². The molecule has 0 aromatic carbocycles. The van der Waals surface area contributed by atoms with E-state index in [1.807, 2.05) is 0 Å². The lowest BCUT2D eigenvalue weighted by Crippen LogP contribution is -2.22. The van der Waals surface area contributed by atoms with E-state index in [-0.39, 0.29) is 18.1 Å². The SMILES string of the molecule is COC(=O)Cc1cc(=O)[nH]c(SC[C@@H]2CCCCO2)n1. The van der Waals surface area contributed by atoms with E-state index in [4.69, 9.17) is 4.74 Å². The Morgan fingerprint density at radius 3 is 3.15 bits per heavy atom. The summed E-state index contributed by atoms with van der Waals surface area (Å²) >= 11 is 1.45. The number of methoxy groups -OCH3 is 1. The second-order valence-corrected chi connectivity index (χ2v) is 5.60. The zero-order valence-electron chi connectivity index (χ0n) is 11.4. The average molecular weight is 298 g/mol. The zero-order chi connectivity index (χ0) is 14.4. The van der Waals surface area contributed by atoms with Crippen molar-refractivity contribution in [3.8, 4) is 0 Å². The Morgan fingerprint density at radius 1 is 1.60 bits per heavy atom. The predicted octanol–water partition coefficient (Wildman–Crippen LogP) is 1.15. The predicted molar refractivity (Wildman–Crippen MR) is 74.9 cm³/mol. The Kier molecular flexibility index (Phi) is 5.60. The number of rotatable bonds is 5. The molecule has 6 nitrogen and oxygen atoms in total. The molecule has 2 rings (SSSR count). The number of esters is 1. The van der Waals surface area contributed by atoms with Crippen molar-refractivity contribution in [2.75, 3.05) is 19.5 Å². The maximum Gasteiger partial charge on any atom is 0.311 e. The summed E-state index contributed by atoms with van der Waals surface area (Å²) in [5, 5.41) is 0.519. The van der Waals surface area contributed by atoms with Gasteiger partial charge in [0.05, 0.1) is 25.3 Å². The molecule has 2 heterocycles. The van der Waals surface area contributed by atoms with Gasteiger partial charge in [-0.05, 0) is 19.3 Å². The van der Waals surface area contributed by atoms with Crippen molar-refractivity contribution >= 4 is 17.7 Å². The fourth-order valence-electron chi connectivity index (χ4n) is 1.97. The van der Waals surface area contributed by atoms with Crippen LogP contribution < -0.4 is 5.56 Å². The second kappa shape index (κ2) is 7.44. The Hall–Kier alpha value is -1.34. The number of hydrogen-bond donors (Lipinski definition) is 1. The summed E-state index contributed by atoms with van der Waals surface area (Å²) in [6.07, 6.45) is 3.55. The molecule has 0 spiro atoms. The maximum atomic E-state index is 11.5. The second-order valence-electron chi connectivity index (χ2n) is 4.59. The zero-order valence-corrected chi connectivity index (χ0v) is 12.2. The molecule has 0 unspecified atom stereocenters. The van der Waals surface area contributed by atoms with Gasteiger partial charge in [-0.1, -0.05) is 11.8 Å². The van der Waals surface area contributed by atoms with E-state index in [9.17, 15) is 9.59 Å². The van der Waals surface area contributed by atoms with Crippen LogP contribution in [0.3, 0.4) is 0 Å². The molecule has 0 aliphatic carbocycles. The van der Waals surface area contributed by atoms with E-state index >= 15 is 0 Å². The van der Waals surface area contributed by atoms with Gasteiger partial charge in [0.1, 0.15) is 0 Å². The minimum atomic E-state index is -0.408. The van der Waals surface area contributed by atoms with Gasteiger partial charge in [-0.25, -0.2) is 4.98 Å². The summed E-state index contributed by atoms with van der Waals surface area (Å²) in [6.45, 7) is 0.803. The molecule has 1 N–H and O–H groups in total. The van der Waals surface area contributed by atoms with Crippen LogP contribution in [0.25, 0.3) is 0 Å². The smallest absolute Gasteiger partial charge is 0.311 e. The van der Waals surface area contributed by atoms with Crippen molar-refractivity contribution < 1.29 is 14.3 Å². The molecule has 1 aliphatic rings. The summed E-state index contributed by atoms with van der Waals surface area (Å²) in [7, 11) is 1.31. The first kappa shape index (κ1) is 15.1. The fourth-order valence-corrected chi connectivity index (χ4v) is 2.93. The van der Waals surface area contributed by atoms with E-state index < -0.39 is 5.97 Å². The van der Waals surface area contributed by atoms with Crippen LogP contribution in [0.15, 0.2) is 16.0 Å². The van der Waals surface area contributed by atoms with Crippen molar-refractivity contribution in [3.05, 3.63) is 22.1 Å². The van der Waals surface area contributed by atoms with Gasteiger partial charge in [0.15, 0.2) is 5.16 Å². The van der Waals surface area contributed by atoms with Crippen LogP contribution in [0, 0.1) is 0 Å². The Labute approximate surface area is 121 Å². The molecule has 110 valence electrons. The number of aromatic amines is 1. The first-order chi connectivity index (χ1) is 9.67. The third-order valence-electron chi connectivity index (χ3n) is 3.01. The van der Waals surface area contributed by atoms with E-state index in [0.717, 1.165) is 25.2 Å². The van der Waals surface area contributed by atoms with E-state index in [2.05, 4.69) is 14.7 Å². The Balaban J connectivity index is 1.96. The van der Waals surface area contributed by atoms with Crippen molar-refractivity contribution in [2.24, 2.45) is 0 Å². The molecule has 0 saturated carbocycles. The molecule has 1 aromatic heterocycles. The number of aromatic nitrogens is 2. The molecule has 1 fully saturated rings. The van der Waals surface area contributed by atoms with E-state index in [1.165, 1.54) is 31.4 Å². The number of ether oxygens (including phenoxy) is 2. The lowest BCUT2D eigenvalue weighted by atomic mass is 10.1. The normalized spacial score (nSPS) is 18.8. The lowest BCUT2D eigenvalue weighted by Gasteiger charge is -2.21. The van der Waals surface area contributed by atoms with Crippen LogP contribution in [0.2, 0.25) is 0 Å². The highest BCUT2D eigenvalue weighted by Crippen LogP contribution is 2.20. The van der Waals surface area contributed by atoms with Gasteiger partial charge in [-0.15, -0.1) is 0 Å². The summed E-state index contributed by atoms with van der Waals surface area (Å²) in [5.41, 5.74) is 0.165. The summed E-state index contributed by atoms with van der Waals surface area (Å²) in [5.74, 6) is 0.347. The van der Waals surface area contributed by atoms with Crippen molar-refractivity contribution in [1.82, 2.24) is 9.97 Å². The summed E-state index contributed by atoms with van der Waals surface area (Å²) in [6, 6.07) is 1.32. The molecule has 0 bridgehead atoms. The highest BCUT2D eigenvalue weighted by atomic mass is 32.2. The molecule has 1 aromatic rings. The minimum Gasteiger partial charge on any atom is -0.469 e. The van der Waals surface area contributed by atoms with Crippen LogP contribution in [-0.4, -0.2) is 41.5 Å². The standard InChI is InChI=1S/C13H18N2O4S/c1-18-12(17)7-9-6-11(16)15-13(14-9)20-8-10-4-2-3-5-19-10/h6,10H,2-5,7-8H2,1H3,(H,14,15,16)/t10-/m0/s1. The van der Waals surface area contributed by atoms with Gasteiger partial charge in [0, 0.05) is 18.4 Å². The monoisotopic (exact) mass is 298 g/mol. The number of carbonyl (C=O) groups excluding carboxylic acids is 1. The van der Waals surface area contributed by atoms with E-state index in [1.54, 1.807) is 0 Å². The van der Waals surface area contributed by atoms with Crippen LogP contribution >= 0.6 is 11.8 Å². The third kappa shape index (κ3) is 4.64. The van der Waals surface area contributed by atoms with Crippen molar-refractivity contribution in [2.45, 2.75) is 36.9 Å². The van der Waals surface area contributed by atoms with E-state index in [0.29, 0.717) is 10.9 Å². The molecule has 1 aliphatic heterocycles. The molecule has 0 radical (unpaired) electrons. The Morgan fingerprint density at radius 2 is 2.45 bits per heavy atom.